The molecule has 0 saturated heterocycles. The van der Waals surface area contributed by atoms with Crippen molar-refractivity contribution in [1.82, 2.24) is 0 Å². The number of hydrogen-bond donors (Lipinski definition) is 1. The smallest absolute Gasteiger partial charge is 0.349 e. The molecule has 0 aliphatic rings. The van der Waals surface area contributed by atoms with Gasteiger partial charge in [-0.1, -0.05) is 25.4 Å². The lowest BCUT2D eigenvalue weighted by Crippen LogP contribution is -2.07. The summed E-state index contributed by atoms with van der Waals surface area (Å²) in [7, 11) is 0. The summed E-state index contributed by atoms with van der Waals surface area (Å²) in [6, 6.07) is 1.71. The molecule has 0 atom stereocenters. The molecule has 0 spiro atoms. The van der Waals surface area contributed by atoms with Crippen LogP contribution in [0, 0.1) is 20.2 Å². The van der Waals surface area contributed by atoms with Crippen LogP contribution < -0.4 is 0 Å². The maximum atomic E-state index is 10.7. The lowest BCUT2D eigenvalue weighted by molar-refractivity contribution is -0.394. The van der Waals surface area contributed by atoms with E-state index >= 15 is 0 Å². The fourth-order valence-corrected chi connectivity index (χ4v) is 1.32. The molecule has 1 aromatic rings. The van der Waals surface area contributed by atoms with E-state index in [9.17, 15) is 25.0 Å². The van der Waals surface area contributed by atoms with Gasteiger partial charge in [-0.2, -0.15) is 0 Å². The quantitative estimate of drug-likeness (QED) is 0.668. The van der Waals surface area contributed by atoms with Crippen molar-refractivity contribution in [3.63, 3.8) is 0 Å². The summed E-state index contributed by atoms with van der Waals surface area (Å²) in [5.74, 6) is -1.78. The number of nitro benzene ring substituents is 2. The minimum absolute atomic E-state index is 0.465. The minimum Gasteiger partial charge on any atom is -0.477 e. The molecule has 0 radical (unpaired) electrons. The molecular formula is C9H9ClN2O6. The SMILES string of the molecule is CC.O=C(O)c1c([N+](=O)[O-])ccc(Cl)c1[N+](=O)[O-]. The number of hydrogen-bond acceptors (Lipinski definition) is 5. The van der Waals surface area contributed by atoms with Crippen LogP contribution in [0.1, 0.15) is 24.2 Å². The summed E-state index contributed by atoms with van der Waals surface area (Å²) in [5, 5.41) is 29.3. The van der Waals surface area contributed by atoms with Gasteiger partial charge in [0, 0.05) is 6.07 Å². The molecule has 0 amide bonds. The second-order valence-corrected chi connectivity index (χ2v) is 3.02. The van der Waals surface area contributed by atoms with Gasteiger partial charge in [-0.05, 0) is 6.07 Å². The Hall–Kier alpha value is -2.22. The summed E-state index contributed by atoms with van der Waals surface area (Å²) in [6.45, 7) is 4.00. The average Bonchev–Trinajstić information content (AvgIpc) is 2.30. The number of carbonyl (C=O) groups is 1. The van der Waals surface area contributed by atoms with Crippen molar-refractivity contribution in [3.8, 4) is 0 Å². The van der Waals surface area contributed by atoms with Gasteiger partial charge in [-0.15, -0.1) is 0 Å². The van der Waals surface area contributed by atoms with Crippen LogP contribution in [0.25, 0.3) is 0 Å². The Morgan fingerprint density at radius 1 is 1.22 bits per heavy atom. The summed E-state index contributed by atoms with van der Waals surface area (Å²) >= 11 is 5.42. The van der Waals surface area contributed by atoms with Crippen molar-refractivity contribution in [3.05, 3.63) is 42.9 Å². The van der Waals surface area contributed by atoms with Crippen molar-refractivity contribution in [2.45, 2.75) is 13.8 Å². The van der Waals surface area contributed by atoms with E-state index in [1.165, 1.54) is 0 Å². The predicted molar refractivity (Wildman–Crippen MR) is 63.1 cm³/mol. The Bertz CT molecular complexity index is 502. The second kappa shape index (κ2) is 6.50. The zero-order valence-corrected chi connectivity index (χ0v) is 10.2. The summed E-state index contributed by atoms with van der Waals surface area (Å²) in [5.41, 5.74) is -2.88. The number of nitro groups is 2. The fourth-order valence-electron chi connectivity index (χ4n) is 1.10. The van der Waals surface area contributed by atoms with Gasteiger partial charge >= 0.3 is 11.7 Å². The van der Waals surface area contributed by atoms with Crippen LogP contribution in [0.4, 0.5) is 11.4 Å². The fraction of sp³-hybridized carbons (Fsp3) is 0.222. The van der Waals surface area contributed by atoms with Gasteiger partial charge < -0.3 is 5.11 Å². The van der Waals surface area contributed by atoms with E-state index in [1.54, 1.807) is 0 Å². The molecule has 8 nitrogen and oxygen atoms in total. The highest BCUT2D eigenvalue weighted by Crippen LogP contribution is 2.34. The number of rotatable bonds is 3. The largest absolute Gasteiger partial charge is 0.477 e. The van der Waals surface area contributed by atoms with Crippen molar-refractivity contribution in [2.24, 2.45) is 0 Å². The first-order valence-corrected chi connectivity index (χ1v) is 5.08. The zero-order chi connectivity index (χ0) is 14.5. The first kappa shape index (κ1) is 15.8. The average molecular weight is 277 g/mol. The molecular weight excluding hydrogens is 268 g/mol. The molecule has 0 aromatic heterocycles. The summed E-state index contributed by atoms with van der Waals surface area (Å²) < 4.78 is 0. The first-order chi connectivity index (χ1) is 8.36. The number of halogens is 1. The Labute approximate surface area is 106 Å². The van der Waals surface area contributed by atoms with Gasteiger partial charge in [0.2, 0.25) is 5.56 Å². The molecule has 0 saturated carbocycles. The molecule has 1 N–H and O–H groups in total. The highest BCUT2D eigenvalue weighted by Gasteiger charge is 2.33. The van der Waals surface area contributed by atoms with Crippen molar-refractivity contribution in [2.75, 3.05) is 0 Å². The van der Waals surface area contributed by atoms with Crippen LogP contribution in [-0.4, -0.2) is 20.9 Å². The molecule has 0 fully saturated rings. The highest BCUT2D eigenvalue weighted by atomic mass is 35.5. The van der Waals surface area contributed by atoms with Crippen molar-refractivity contribution in [1.29, 1.82) is 0 Å². The van der Waals surface area contributed by atoms with Crippen molar-refractivity contribution < 1.29 is 19.7 Å². The van der Waals surface area contributed by atoms with Crippen LogP contribution in [0.15, 0.2) is 12.1 Å². The molecule has 0 heterocycles. The number of carboxylic acid groups (broad SMARTS) is 1. The maximum absolute atomic E-state index is 10.7. The van der Waals surface area contributed by atoms with E-state index < -0.39 is 37.8 Å². The molecule has 98 valence electrons. The van der Waals surface area contributed by atoms with Crippen LogP contribution in [0.5, 0.6) is 0 Å². The molecule has 0 aliphatic heterocycles. The minimum atomic E-state index is -1.78. The monoisotopic (exact) mass is 276 g/mol. The van der Waals surface area contributed by atoms with E-state index in [4.69, 9.17) is 16.7 Å². The third-order valence-corrected chi connectivity index (χ3v) is 2.00. The standard InChI is InChI=1S/C7H3ClN2O6.C2H6/c8-3-1-2-4(9(13)14)5(7(11)12)6(3)10(15)16;1-2/h1-2H,(H,11,12);1-2H3. The third-order valence-electron chi connectivity index (χ3n) is 1.70. The van der Waals surface area contributed by atoms with E-state index in [1.807, 2.05) is 13.8 Å². The van der Waals surface area contributed by atoms with E-state index in [0.29, 0.717) is 0 Å². The zero-order valence-electron chi connectivity index (χ0n) is 9.42. The lowest BCUT2D eigenvalue weighted by Gasteiger charge is -2.00. The second-order valence-electron chi connectivity index (χ2n) is 2.61. The number of aromatic carboxylic acids is 1. The first-order valence-electron chi connectivity index (χ1n) is 4.70. The number of nitrogens with zero attached hydrogens (tertiary/aromatic N) is 2. The van der Waals surface area contributed by atoms with Gasteiger partial charge in [0.15, 0.2) is 0 Å². The van der Waals surface area contributed by atoms with E-state index in [0.717, 1.165) is 12.1 Å². The number of carboxylic acids is 1. The molecule has 0 bridgehead atoms. The summed E-state index contributed by atoms with van der Waals surface area (Å²) in [6.07, 6.45) is 0. The summed E-state index contributed by atoms with van der Waals surface area (Å²) in [4.78, 5) is 29.7. The Balaban J connectivity index is 0.00000137. The highest BCUT2D eigenvalue weighted by molar-refractivity contribution is 6.33. The normalized spacial score (nSPS) is 9.06. The third kappa shape index (κ3) is 3.14. The van der Waals surface area contributed by atoms with Crippen molar-refractivity contribution >= 4 is 28.9 Å². The number of benzene rings is 1. The lowest BCUT2D eigenvalue weighted by atomic mass is 10.1. The predicted octanol–water partition coefficient (Wildman–Crippen LogP) is 2.88. The van der Waals surface area contributed by atoms with Crippen LogP contribution in [0.3, 0.4) is 0 Å². The van der Waals surface area contributed by atoms with E-state index in [2.05, 4.69) is 0 Å². The maximum Gasteiger partial charge on any atom is 0.349 e. The molecule has 18 heavy (non-hydrogen) atoms. The Kier molecular flexibility index (Phi) is 5.70. The van der Waals surface area contributed by atoms with E-state index in [-0.39, 0.29) is 0 Å². The van der Waals surface area contributed by atoms with Crippen LogP contribution in [-0.2, 0) is 0 Å². The topological polar surface area (TPSA) is 124 Å². The van der Waals surface area contributed by atoms with Gasteiger partial charge in [0.05, 0.1) is 9.85 Å². The van der Waals surface area contributed by atoms with Gasteiger partial charge in [0.1, 0.15) is 5.02 Å². The van der Waals surface area contributed by atoms with Gasteiger partial charge in [-0.25, -0.2) is 4.79 Å². The molecule has 0 aliphatic carbocycles. The van der Waals surface area contributed by atoms with Gasteiger partial charge in [0.25, 0.3) is 5.69 Å². The molecule has 1 aromatic carbocycles. The Morgan fingerprint density at radius 3 is 2.06 bits per heavy atom. The molecule has 1 rings (SSSR count). The van der Waals surface area contributed by atoms with Crippen LogP contribution >= 0.6 is 11.6 Å². The van der Waals surface area contributed by atoms with Gasteiger partial charge in [-0.3, -0.25) is 20.2 Å². The Morgan fingerprint density at radius 2 is 1.72 bits per heavy atom. The van der Waals surface area contributed by atoms with Crippen LogP contribution in [0.2, 0.25) is 5.02 Å². The molecule has 0 unspecified atom stereocenters. The molecule has 9 heteroatoms.